The minimum Gasteiger partial charge on any atom is -0.472 e. The summed E-state index contributed by atoms with van der Waals surface area (Å²) < 4.78 is 33.2. The summed E-state index contributed by atoms with van der Waals surface area (Å²) in [6.45, 7) is 3.89. The Labute approximate surface area is 228 Å². The lowest BCUT2D eigenvalue weighted by Gasteiger charge is -2.27. The fourth-order valence-electron chi connectivity index (χ4n) is 5.83. The Morgan fingerprint density at radius 2 is 1.92 bits per heavy atom. The normalized spacial score (nSPS) is 21.3. The van der Waals surface area contributed by atoms with Crippen molar-refractivity contribution in [2.45, 2.75) is 68.2 Å². The molecule has 0 saturated heterocycles. The number of nitriles is 1. The van der Waals surface area contributed by atoms with Gasteiger partial charge in [0, 0.05) is 11.9 Å². The van der Waals surface area contributed by atoms with E-state index in [-0.39, 0.29) is 12.0 Å². The van der Waals surface area contributed by atoms with Gasteiger partial charge in [-0.05, 0) is 68.5 Å². The van der Waals surface area contributed by atoms with Crippen LogP contribution >= 0.6 is 0 Å². The molecule has 39 heavy (non-hydrogen) atoms. The molecule has 1 fully saturated rings. The molecule has 200 valence electrons. The maximum absolute atomic E-state index is 12.9. The second-order valence-electron chi connectivity index (χ2n) is 11.1. The highest BCUT2D eigenvalue weighted by molar-refractivity contribution is 7.93. The van der Waals surface area contributed by atoms with E-state index in [0.29, 0.717) is 29.6 Å². The van der Waals surface area contributed by atoms with E-state index < -0.39 is 14.6 Å². The number of benzene rings is 2. The van der Waals surface area contributed by atoms with Gasteiger partial charge < -0.3 is 10.1 Å². The minimum absolute atomic E-state index is 0.0443. The first-order valence-corrected chi connectivity index (χ1v) is 14.8. The number of sulfone groups is 1. The first-order chi connectivity index (χ1) is 18.8. The summed E-state index contributed by atoms with van der Waals surface area (Å²) in [6.07, 6.45) is 5.99. The number of hydrogen-bond donors (Lipinski definition) is 1. The minimum atomic E-state index is -3.38. The van der Waals surface area contributed by atoms with Gasteiger partial charge in [0.15, 0.2) is 15.7 Å². The lowest BCUT2D eigenvalue weighted by Crippen LogP contribution is -2.27. The van der Waals surface area contributed by atoms with Crippen LogP contribution in [-0.4, -0.2) is 27.9 Å². The number of aromatic nitrogens is 3. The molecule has 0 radical (unpaired) electrons. The summed E-state index contributed by atoms with van der Waals surface area (Å²) in [6, 6.07) is 19.6. The van der Waals surface area contributed by atoms with Gasteiger partial charge in [0.2, 0.25) is 5.88 Å². The Kier molecular flexibility index (Phi) is 6.31. The van der Waals surface area contributed by atoms with Crippen molar-refractivity contribution in [3.63, 3.8) is 0 Å². The summed E-state index contributed by atoms with van der Waals surface area (Å²) in [5, 5.41) is 19.0. The predicted octanol–water partition coefficient (Wildman–Crippen LogP) is 6.12. The van der Waals surface area contributed by atoms with Crippen LogP contribution in [0.4, 0.5) is 11.5 Å². The molecule has 3 heterocycles. The van der Waals surface area contributed by atoms with Crippen molar-refractivity contribution in [3.05, 3.63) is 71.9 Å². The smallest absolute Gasteiger partial charge is 0.227 e. The maximum atomic E-state index is 12.9. The van der Waals surface area contributed by atoms with Gasteiger partial charge in [-0.25, -0.2) is 13.4 Å². The molecule has 0 unspecified atom stereocenters. The second kappa shape index (κ2) is 9.69. The van der Waals surface area contributed by atoms with Gasteiger partial charge in [0.25, 0.3) is 0 Å². The van der Waals surface area contributed by atoms with Crippen LogP contribution in [0.25, 0.3) is 10.9 Å². The lowest BCUT2D eigenvalue weighted by molar-refractivity contribution is 0.277. The summed E-state index contributed by atoms with van der Waals surface area (Å²) >= 11 is 0. The highest BCUT2D eigenvalue weighted by atomic mass is 32.2. The monoisotopic (exact) mass is 541 g/mol. The molecule has 0 spiro atoms. The number of pyridine rings is 1. The molecule has 0 amide bonds. The van der Waals surface area contributed by atoms with Crippen LogP contribution in [0.5, 0.6) is 5.88 Å². The molecule has 1 saturated carbocycles. The van der Waals surface area contributed by atoms with Gasteiger partial charge in [-0.15, -0.1) is 0 Å². The van der Waals surface area contributed by atoms with Crippen LogP contribution in [0.1, 0.15) is 56.7 Å². The molecule has 2 atom stereocenters. The number of nitrogens with one attached hydrogen (secondary N) is 1. The van der Waals surface area contributed by atoms with E-state index in [0.717, 1.165) is 53.4 Å². The molecule has 1 N–H and O–H groups in total. The number of anilines is 2. The van der Waals surface area contributed by atoms with E-state index in [1.165, 1.54) is 0 Å². The zero-order valence-electron chi connectivity index (χ0n) is 22.1. The SMILES string of the molecule is CC1(C)Cc2cc(Nc3nn([C@H]4CCCC[C@@H]4C#N)c4ccnc(OCc5ccccc5)c34)ccc2S1(=O)=O. The first kappa shape index (κ1) is 25.4. The van der Waals surface area contributed by atoms with Crippen LogP contribution < -0.4 is 10.1 Å². The average molecular weight is 542 g/mol. The van der Waals surface area contributed by atoms with Crippen molar-refractivity contribution in [1.82, 2.24) is 14.8 Å². The fourth-order valence-corrected chi connectivity index (χ4v) is 7.50. The molecule has 6 rings (SSSR count). The molecule has 1 aliphatic heterocycles. The summed E-state index contributed by atoms with van der Waals surface area (Å²) in [5.74, 6) is 0.909. The zero-order chi connectivity index (χ0) is 27.2. The molecule has 2 aliphatic rings. The Morgan fingerprint density at radius 1 is 1.13 bits per heavy atom. The van der Waals surface area contributed by atoms with E-state index in [2.05, 4.69) is 16.4 Å². The van der Waals surface area contributed by atoms with E-state index >= 15 is 0 Å². The lowest BCUT2D eigenvalue weighted by atomic mass is 9.85. The van der Waals surface area contributed by atoms with Crippen LogP contribution in [0, 0.1) is 17.2 Å². The van der Waals surface area contributed by atoms with Crippen molar-refractivity contribution in [3.8, 4) is 11.9 Å². The summed E-state index contributed by atoms with van der Waals surface area (Å²) in [7, 11) is -3.38. The van der Waals surface area contributed by atoms with Crippen molar-refractivity contribution in [2.75, 3.05) is 5.32 Å². The van der Waals surface area contributed by atoms with Crippen molar-refractivity contribution < 1.29 is 13.2 Å². The summed E-state index contributed by atoms with van der Waals surface area (Å²) in [5.41, 5.74) is 3.42. The molecule has 0 bridgehead atoms. The van der Waals surface area contributed by atoms with Gasteiger partial charge in [0.05, 0.1) is 33.2 Å². The van der Waals surface area contributed by atoms with Gasteiger partial charge in [-0.2, -0.15) is 10.4 Å². The molecule has 9 heteroatoms. The maximum Gasteiger partial charge on any atom is 0.227 e. The summed E-state index contributed by atoms with van der Waals surface area (Å²) in [4.78, 5) is 4.95. The van der Waals surface area contributed by atoms with Gasteiger partial charge in [-0.3, -0.25) is 4.68 Å². The van der Waals surface area contributed by atoms with Crippen molar-refractivity contribution in [1.29, 1.82) is 5.26 Å². The Hall–Kier alpha value is -3.90. The molecule has 4 aromatic rings. The number of ether oxygens (including phenoxy) is 1. The van der Waals surface area contributed by atoms with Gasteiger partial charge >= 0.3 is 0 Å². The van der Waals surface area contributed by atoms with Crippen molar-refractivity contribution >= 4 is 32.2 Å². The third kappa shape index (κ3) is 4.43. The number of nitrogens with zero attached hydrogens (tertiary/aromatic N) is 4. The van der Waals surface area contributed by atoms with E-state index in [1.807, 2.05) is 47.1 Å². The van der Waals surface area contributed by atoms with Crippen LogP contribution in [-0.2, 0) is 22.9 Å². The molecule has 8 nitrogen and oxygen atoms in total. The van der Waals surface area contributed by atoms with Gasteiger partial charge in [-0.1, -0.05) is 43.2 Å². The fraction of sp³-hybridized carbons (Fsp3) is 0.367. The zero-order valence-corrected chi connectivity index (χ0v) is 22.9. The van der Waals surface area contributed by atoms with Crippen LogP contribution in [0.15, 0.2) is 65.7 Å². The van der Waals surface area contributed by atoms with Crippen molar-refractivity contribution in [2.24, 2.45) is 5.92 Å². The predicted molar refractivity (Wildman–Crippen MR) is 150 cm³/mol. The van der Waals surface area contributed by atoms with Crippen LogP contribution in [0.2, 0.25) is 0 Å². The van der Waals surface area contributed by atoms with E-state index in [4.69, 9.17) is 9.84 Å². The van der Waals surface area contributed by atoms with E-state index in [9.17, 15) is 13.7 Å². The molecular weight excluding hydrogens is 510 g/mol. The molecule has 1 aliphatic carbocycles. The van der Waals surface area contributed by atoms with Crippen LogP contribution in [0.3, 0.4) is 0 Å². The largest absolute Gasteiger partial charge is 0.472 e. The molecular formula is C30H31N5O3S. The highest BCUT2D eigenvalue weighted by Crippen LogP contribution is 2.42. The van der Waals surface area contributed by atoms with Gasteiger partial charge in [0.1, 0.15) is 12.0 Å². The van der Waals surface area contributed by atoms with E-state index in [1.54, 1.807) is 32.2 Å². The Balaban J connectivity index is 1.42. The quantitative estimate of drug-likeness (QED) is 0.313. The Morgan fingerprint density at radius 3 is 2.72 bits per heavy atom. The second-order valence-corrected chi connectivity index (χ2v) is 13.6. The third-order valence-corrected chi connectivity index (χ3v) is 10.5. The average Bonchev–Trinajstić information content (AvgIpc) is 3.38. The number of fused-ring (bicyclic) bond motifs is 2. The first-order valence-electron chi connectivity index (χ1n) is 13.4. The molecule has 2 aromatic heterocycles. The topological polar surface area (TPSA) is 110 Å². The Bertz CT molecular complexity index is 1690. The number of hydrogen-bond acceptors (Lipinski definition) is 7. The standard InChI is InChI=1S/C30H31N5O3S/c1-30(2)17-22-16-23(12-13-26(22)39(30,36)37)33-28-27-25(35(34-28)24-11-7-6-10-21(24)18-31)14-15-32-29(27)38-19-20-8-4-3-5-9-20/h3-5,8-9,12-16,21,24H,6-7,10-11,17,19H2,1-2H3,(H,33,34)/t21-,24+/m1/s1. The number of rotatable bonds is 6. The molecule has 2 aromatic carbocycles. The highest BCUT2D eigenvalue weighted by Gasteiger charge is 2.43. The third-order valence-electron chi connectivity index (χ3n) is 7.97.